The first-order valence-electron chi connectivity index (χ1n) is 9.91. The van der Waals surface area contributed by atoms with Gasteiger partial charge in [-0.1, -0.05) is 35.9 Å². The molecule has 0 saturated heterocycles. The normalized spacial score (nSPS) is 11.1. The lowest BCUT2D eigenvalue weighted by molar-refractivity contribution is 0.102. The van der Waals surface area contributed by atoms with Crippen molar-refractivity contribution < 1.29 is 9.21 Å². The third-order valence-electron chi connectivity index (χ3n) is 5.05. The number of anilines is 1. The van der Waals surface area contributed by atoms with E-state index in [4.69, 9.17) is 4.42 Å². The molecule has 31 heavy (non-hydrogen) atoms. The van der Waals surface area contributed by atoms with Gasteiger partial charge in [-0.2, -0.15) is 5.10 Å². The van der Waals surface area contributed by atoms with E-state index in [1.807, 2.05) is 61.8 Å². The molecule has 0 spiro atoms. The molecule has 0 bridgehead atoms. The summed E-state index contributed by atoms with van der Waals surface area (Å²) in [6.07, 6.45) is 6.53. The average Bonchev–Trinajstić information content (AvgIpc) is 3.52. The lowest BCUT2D eigenvalue weighted by Crippen LogP contribution is -2.13. The monoisotopic (exact) mass is 412 g/mol. The lowest BCUT2D eigenvalue weighted by Gasteiger charge is -2.05. The molecule has 0 saturated carbocycles. The maximum absolute atomic E-state index is 12.8. The molecule has 0 unspecified atom stereocenters. The molecular weight excluding hydrogens is 392 g/mol. The summed E-state index contributed by atoms with van der Waals surface area (Å²) in [7, 11) is 0. The minimum atomic E-state index is -0.342. The summed E-state index contributed by atoms with van der Waals surface area (Å²) >= 11 is 0. The summed E-state index contributed by atoms with van der Waals surface area (Å²) in [4.78, 5) is 21.3. The summed E-state index contributed by atoms with van der Waals surface area (Å²) < 4.78 is 9.35. The summed E-state index contributed by atoms with van der Waals surface area (Å²) in [5.41, 5.74) is 4.77. The van der Waals surface area contributed by atoms with Gasteiger partial charge >= 0.3 is 0 Å². The fraction of sp³-hybridized carbons (Fsp3) is 0.130. The van der Waals surface area contributed by atoms with Gasteiger partial charge < -0.3 is 14.3 Å². The van der Waals surface area contributed by atoms with Gasteiger partial charge in [0.1, 0.15) is 0 Å². The molecule has 1 N–H and O–H groups in total. The number of benzene rings is 2. The molecular formula is C23H20N6O2. The molecule has 1 amide bonds. The Balaban J connectivity index is 1.27. The van der Waals surface area contributed by atoms with Crippen LogP contribution in [0.4, 0.5) is 5.69 Å². The van der Waals surface area contributed by atoms with Gasteiger partial charge in [0.25, 0.3) is 5.91 Å². The number of amides is 1. The van der Waals surface area contributed by atoms with Gasteiger partial charge in [0.05, 0.1) is 35.8 Å². The minimum Gasteiger partial charge on any atom is -0.443 e. The van der Waals surface area contributed by atoms with Crippen LogP contribution in [0.5, 0.6) is 0 Å². The van der Waals surface area contributed by atoms with Crippen molar-refractivity contribution in [3.63, 3.8) is 0 Å². The van der Waals surface area contributed by atoms with Crippen LogP contribution in [0.1, 0.15) is 16.1 Å². The van der Waals surface area contributed by atoms with Crippen LogP contribution in [0.2, 0.25) is 0 Å². The van der Waals surface area contributed by atoms with Gasteiger partial charge in [-0.15, -0.1) is 0 Å². The largest absolute Gasteiger partial charge is 0.443 e. The van der Waals surface area contributed by atoms with Gasteiger partial charge in [0.2, 0.25) is 0 Å². The molecule has 0 aliphatic carbocycles. The third kappa shape index (κ3) is 3.83. The highest BCUT2D eigenvalue weighted by Gasteiger charge is 2.19. The molecule has 0 aliphatic rings. The Labute approximate surface area is 178 Å². The number of nitrogens with zero attached hydrogens (tertiary/aromatic N) is 5. The first-order chi connectivity index (χ1) is 15.2. The second-order valence-corrected chi connectivity index (χ2v) is 7.27. The second kappa shape index (κ2) is 7.91. The Morgan fingerprint density at radius 1 is 1.10 bits per heavy atom. The van der Waals surface area contributed by atoms with Crippen molar-refractivity contribution in [1.82, 2.24) is 24.3 Å². The van der Waals surface area contributed by atoms with E-state index in [9.17, 15) is 4.79 Å². The van der Waals surface area contributed by atoms with E-state index in [1.165, 1.54) is 6.39 Å². The van der Waals surface area contributed by atoms with Crippen molar-refractivity contribution in [3.8, 4) is 11.3 Å². The van der Waals surface area contributed by atoms with E-state index in [1.54, 1.807) is 17.1 Å². The van der Waals surface area contributed by atoms with Crippen LogP contribution in [0.25, 0.3) is 22.4 Å². The minimum absolute atomic E-state index is 0.239. The zero-order chi connectivity index (χ0) is 21.2. The average molecular weight is 412 g/mol. The number of nitrogens with one attached hydrogen (secondary N) is 1. The van der Waals surface area contributed by atoms with E-state index in [2.05, 4.69) is 25.0 Å². The van der Waals surface area contributed by atoms with E-state index >= 15 is 0 Å². The summed E-state index contributed by atoms with van der Waals surface area (Å²) in [6.45, 7) is 3.35. The third-order valence-corrected chi connectivity index (χ3v) is 5.05. The molecule has 8 nitrogen and oxygen atoms in total. The Morgan fingerprint density at radius 2 is 2.00 bits per heavy atom. The number of hydrogen-bond acceptors (Lipinski definition) is 5. The maximum atomic E-state index is 12.8. The molecule has 0 radical (unpaired) electrons. The number of aromatic nitrogens is 5. The molecule has 3 heterocycles. The number of oxazole rings is 1. The zero-order valence-corrected chi connectivity index (χ0v) is 16.9. The molecule has 3 aromatic heterocycles. The van der Waals surface area contributed by atoms with Crippen molar-refractivity contribution in [3.05, 3.63) is 84.9 Å². The van der Waals surface area contributed by atoms with Crippen LogP contribution in [-0.4, -0.2) is 30.2 Å². The Hall–Kier alpha value is -4.20. The van der Waals surface area contributed by atoms with Gasteiger partial charge in [0.15, 0.2) is 17.8 Å². The number of hydrogen-bond donors (Lipinski definition) is 1. The van der Waals surface area contributed by atoms with Gasteiger partial charge in [-0.05, 0) is 25.1 Å². The number of carbonyl (C=O) groups is 1. The van der Waals surface area contributed by atoms with Crippen LogP contribution in [0.3, 0.4) is 0 Å². The number of carbonyl (C=O) groups excluding carboxylic acids is 1. The van der Waals surface area contributed by atoms with Gasteiger partial charge in [-0.25, -0.2) is 9.97 Å². The number of aryl methyl sites for hydroxylation is 3. The maximum Gasteiger partial charge on any atom is 0.278 e. The Bertz CT molecular complexity index is 1360. The highest BCUT2D eigenvalue weighted by atomic mass is 16.3. The Kier molecular flexibility index (Phi) is 4.80. The second-order valence-electron chi connectivity index (χ2n) is 7.27. The molecule has 154 valence electrons. The Morgan fingerprint density at radius 3 is 2.90 bits per heavy atom. The van der Waals surface area contributed by atoms with E-state index in [0.717, 1.165) is 28.7 Å². The molecule has 0 atom stereocenters. The summed E-state index contributed by atoms with van der Waals surface area (Å²) in [5.74, 6) is 0.103. The van der Waals surface area contributed by atoms with Crippen LogP contribution >= 0.6 is 0 Å². The molecule has 2 aromatic carbocycles. The first-order valence-corrected chi connectivity index (χ1v) is 9.91. The van der Waals surface area contributed by atoms with Crippen LogP contribution in [-0.2, 0) is 13.1 Å². The predicted molar refractivity (Wildman–Crippen MR) is 117 cm³/mol. The topological polar surface area (TPSA) is 90.8 Å². The SMILES string of the molecule is Cc1cccc(-c2ocnc2C(=O)Nc2cnn(CCn3cnc4ccccc43)c2)c1. The van der Waals surface area contributed by atoms with Crippen LogP contribution in [0, 0.1) is 6.92 Å². The smallest absolute Gasteiger partial charge is 0.278 e. The van der Waals surface area contributed by atoms with Crippen LogP contribution in [0.15, 0.2) is 78.1 Å². The zero-order valence-electron chi connectivity index (χ0n) is 16.9. The van der Waals surface area contributed by atoms with E-state index in [-0.39, 0.29) is 11.6 Å². The lowest BCUT2D eigenvalue weighted by atomic mass is 10.1. The standard InChI is InChI=1S/C23H20N6O2/c1-16-5-4-6-17(11-16)22-21(25-15-31-22)23(30)27-18-12-26-29(13-18)10-9-28-14-24-19-7-2-3-8-20(19)28/h2-8,11-15H,9-10H2,1H3,(H,27,30). The predicted octanol–water partition coefficient (Wildman–Crippen LogP) is 4.15. The molecule has 5 rings (SSSR count). The fourth-order valence-corrected chi connectivity index (χ4v) is 3.54. The first kappa shape index (κ1) is 18.8. The molecule has 0 fully saturated rings. The summed E-state index contributed by atoms with van der Waals surface area (Å²) in [6, 6.07) is 15.8. The fourth-order valence-electron chi connectivity index (χ4n) is 3.54. The van der Waals surface area contributed by atoms with Crippen molar-refractivity contribution in [1.29, 1.82) is 0 Å². The quantitative estimate of drug-likeness (QED) is 0.452. The number of para-hydroxylation sites is 2. The van der Waals surface area contributed by atoms with Crippen LogP contribution < -0.4 is 5.32 Å². The molecule has 0 aliphatic heterocycles. The number of rotatable bonds is 6. The highest BCUT2D eigenvalue weighted by Crippen LogP contribution is 2.24. The molecule has 5 aromatic rings. The summed E-state index contributed by atoms with van der Waals surface area (Å²) in [5, 5.41) is 7.20. The number of imidazole rings is 1. The molecule has 8 heteroatoms. The van der Waals surface area contributed by atoms with Crippen molar-refractivity contribution in [2.24, 2.45) is 0 Å². The van der Waals surface area contributed by atoms with E-state index in [0.29, 0.717) is 18.0 Å². The van der Waals surface area contributed by atoms with Crippen molar-refractivity contribution >= 4 is 22.6 Å². The number of fused-ring (bicyclic) bond motifs is 1. The highest BCUT2D eigenvalue weighted by molar-refractivity contribution is 6.06. The van der Waals surface area contributed by atoms with Gasteiger partial charge in [0, 0.05) is 18.3 Å². The van der Waals surface area contributed by atoms with Crippen molar-refractivity contribution in [2.45, 2.75) is 20.0 Å². The van der Waals surface area contributed by atoms with Crippen molar-refractivity contribution in [2.75, 3.05) is 5.32 Å². The van der Waals surface area contributed by atoms with E-state index < -0.39 is 0 Å². The van der Waals surface area contributed by atoms with Gasteiger partial charge in [-0.3, -0.25) is 9.48 Å².